The normalized spacial score (nSPS) is 18.1. The van der Waals surface area contributed by atoms with Crippen molar-refractivity contribution in [2.45, 2.75) is 19.5 Å². The van der Waals surface area contributed by atoms with E-state index < -0.39 is 0 Å². The van der Waals surface area contributed by atoms with Crippen molar-refractivity contribution in [1.29, 1.82) is 0 Å². The first-order valence-electron chi connectivity index (χ1n) is 5.27. The number of amides is 2. The molecule has 0 spiro atoms. The number of carbonyl (C=O) groups is 2. The zero-order chi connectivity index (χ0) is 11.5. The molecular formula is C12H14N2O2. The van der Waals surface area contributed by atoms with Gasteiger partial charge in [0.2, 0.25) is 11.8 Å². The molecule has 1 aliphatic rings. The van der Waals surface area contributed by atoms with Gasteiger partial charge in [0.1, 0.15) is 6.04 Å². The molecule has 0 aromatic heterocycles. The van der Waals surface area contributed by atoms with Crippen LogP contribution in [0.2, 0.25) is 0 Å². The summed E-state index contributed by atoms with van der Waals surface area (Å²) in [7, 11) is 0. The fraction of sp³-hybridized carbons (Fsp3) is 0.333. The summed E-state index contributed by atoms with van der Waals surface area (Å²) in [6.45, 7) is 2.54. The van der Waals surface area contributed by atoms with E-state index in [1.807, 2.05) is 30.3 Å². The Labute approximate surface area is 94.2 Å². The number of rotatable bonds is 3. The van der Waals surface area contributed by atoms with Crippen LogP contribution in [0.3, 0.4) is 0 Å². The molecule has 84 valence electrons. The second kappa shape index (κ2) is 4.35. The van der Waals surface area contributed by atoms with Crippen molar-refractivity contribution in [2.24, 2.45) is 0 Å². The smallest absolute Gasteiger partial charge is 0.244 e. The van der Waals surface area contributed by atoms with Crippen LogP contribution in [0, 0.1) is 0 Å². The molecule has 1 N–H and O–H groups in total. The van der Waals surface area contributed by atoms with Crippen LogP contribution >= 0.6 is 0 Å². The van der Waals surface area contributed by atoms with Crippen LogP contribution < -0.4 is 5.32 Å². The maximum atomic E-state index is 11.6. The lowest BCUT2D eigenvalue weighted by Crippen LogP contribution is -2.30. The Morgan fingerprint density at radius 1 is 1.38 bits per heavy atom. The van der Waals surface area contributed by atoms with Crippen molar-refractivity contribution in [3.05, 3.63) is 35.9 Å². The first-order valence-corrected chi connectivity index (χ1v) is 5.27. The van der Waals surface area contributed by atoms with Crippen LogP contribution in [0.1, 0.15) is 12.5 Å². The lowest BCUT2D eigenvalue weighted by molar-refractivity contribution is -0.128. The lowest BCUT2D eigenvalue weighted by atomic mass is 10.2. The zero-order valence-corrected chi connectivity index (χ0v) is 9.14. The number of nitrogens with one attached hydrogen (secondary N) is 1. The summed E-state index contributed by atoms with van der Waals surface area (Å²) in [5.74, 6) is -0.112. The molecule has 16 heavy (non-hydrogen) atoms. The fourth-order valence-electron chi connectivity index (χ4n) is 1.61. The van der Waals surface area contributed by atoms with Gasteiger partial charge >= 0.3 is 0 Å². The van der Waals surface area contributed by atoms with E-state index in [1.54, 1.807) is 4.90 Å². The Morgan fingerprint density at radius 2 is 2.06 bits per heavy atom. The summed E-state index contributed by atoms with van der Waals surface area (Å²) in [6.07, 6.45) is 0. The van der Waals surface area contributed by atoms with Gasteiger partial charge in [-0.15, -0.1) is 0 Å². The van der Waals surface area contributed by atoms with Crippen LogP contribution in [0.15, 0.2) is 30.3 Å². The van der Waals surface area contributed by atoms with Crippen LogP contribution in [-0.2, 0) is 16.1 Å². The molecule has 1 atom stereocenters. The predicted molar refractivity (Wildman–Crippen MR) is 59.5 cm³/mol. The average molecular weight is 218 g/mol. The number of hydrogen-bond acceptors (Lipinski definition) is 2. The highest BCUT2D eigenvalue weighted by atomic mass is 16.2. The first-order chi connectivity index (χ1) is 7.68. The number of hydrogen-bond donors (Lipinski definition) is 1. The Balaban J connectivity index is 1.80. The summed E-state index contributed by atoms with van der Waals surface area (Å²) in [4.78, 5) is 24.1. The summed E-state index contributed by atoms with van der Waals surface area (Å²) in [5.41, 5.74) is 1.06. The van der Waals surface area contributed by atoms with Gasteiger partial charge in [-0.1, -0.05) is 30.3 Å². The van der Waals surface area contributed by atoms with Crippen molar-refractivity contribution in [3.8, 4) is 0 Å². The molecule has 0 unspecified atom stereocenters. The molecular weight excluding hydrogens is 204 g/mol. The Hall–Kier alpha value is -1.84. The van der Waals surface area contributed by atoms with Gasteiger partial charge in [0, 0.05) is 13.5 Å². The topological polar surface area (TPSA) is 49.2 Å². The molecule has 2 rings (SSSR count). The van der Waals surface area contributed by atoms with E-state index in [4.69, 9.17) is 0 Å². The molecule has 1 saturated heterocycles. The molecule has 2 amide bonds. The first kappa shape index (κ1) is 10.7. The number of carbonyl (C=O) groups excluding carboxylic acids is 2. The summed E-state index contributed by atoms with van der Waals surface area (Å²) in [5, 5.41) is 2.81. The monoisotopic (exact) mass is 218 g/mol. The van der Waals surface area contributed by atoms with E-state index >= 15 is 0 Å². The minimum absolute atomic E-state index is 0.0418. The van der Waals surface area contributed by atoms with Gasteiger partial charge in [-0.25, -0.2) is 0 Å². The van der Waals surface area contributed by atoms with Gasteiger partial charge in [0.15, 0.2) is 0 Å². The van der Waals surface area contributed by atoms with Gasteiger partial charge in [-0.3, -0.25) is 9.59 Å². The SMILES string of the molecule is CC(=O)N1C[C@H]1C(=O)NCc1ccccc1. The largest absolute Gasteiger partial charge is 0.350 e. The van der Waals surface area contributed by atoms with Gasteiger partial charge in [0.05, 0.1) is 6.54 Å². The van der Waals surface area contributed by atoms with Crippen molar-refractivity contribution in [1.82, 2.24) is 10.2 Å². The zero-order valence-electron chi connectivity index (χ0n) is 9.14. The molecule has 4 heteroatoms. The van der Waals surface area contributed by atoms with Crippen molar-refractivity contribution < 1.29 is 9.59 Å². The van der Waals surface area contributed by atoms with Crippen molar-refractivity contribution >= 4 is 11.8 Å². The van der Waals surface area contributed by atoms with Gasteiger partial charge in [0.25, 0.3) is 0 Å². The van der Waals surface area contributed by atoms with E-state index in [0.717, 1.165) is 5.56 Å². The fourth-order valence-corrected chi connectivity index (χ4v) is 1.61. The average Bonchev–Trinajstić information content (AvgIpc) is 3.07. The highest BCUT2D eigenvalue weighted by molar-refractivity contribution is 5.91. The summed E-state index contributed by atoms with van der Waals surface area (Å²) < 4.78 is 0. The standard InChI is InChI=1S/C12H14N2O2/c1-9(15)14-8-11(14)12(16)13-7-10-5-3-2-4-6-10/h2-6,11H,7-8H2,1H3,(H,13,16)/t11-,14?/m0/s1. The van der Waals surface area contributed by atoms with Crippen LogP contribution in [-0.4, -0.2) is 29.3 Å². The second-order valence-corrected chi connectivity index (χ2v) is 3.89. The van der Waals surface area contributed by atoms with E-state index in [0.29, 0.717) is 13.1 Å². The third-order valence-electron chi connectivity index (χ3n) is 2.63. The maximum absolute atomic E-state index is 11.6. The second-order valence-electron chi connectivity index (χ2n) is 3.89. The Bertz CT molecular complexity index is 403. The van der Waals surface area contributed by atoms with Gasteiger partial charge in [-0.2, -0.15) is 0 Å². The maximum Gasteiger partial charge on any atom is 0.244 e. The number of nitrogens with zero attached hydrogens (tertiary/aromatic N) is 1. The Kier molecular flexibility index (Phi) is 2.90. The van der Waals surface area contributed by atoms with Crippen LogP contribution in [0.4, 0.5) is 0 Å². The number of benzene rings is 1. The van der Waals surface area contributed by atoms with E-state index in [1.165, 1.54) is 6.92 Å². The molecule has 1 aliphatic heterocycles. The minimum atomic E-state index is -0.249. The van der Waals surface area contributed by atoms with E-state index in [9.17, 15) is 9.59 Å². The van der Waals surface area contributed by atoms with E-state index in [-0.39, 0.29) is 17.9 Å². The Morgan fingerprint density at radius 3 is 2.62 bits per heavy atom. The van der Waals surface area contributed by atoms with Crippen molar-refractivity contribution in [2.75, 3.05) is 6.54 Å². The summed E-state index contributed by atoms with van der Waals surface area (Å²) in [6, 6.07) is 9.46. The van der Waals surface area contributed by atoms with Crippen molar-refractivity contribution in [3.63, 3.8) is 0 Å². The third kappa shape index (κ3) is 2.39. The lowest BCUT2D eigenvalue weighted by Gasteiger charge is -2.04. The predicted octanol–water partition coefficient (Wildman–Crippen LogP) is 0.533. The summed E-state index contributed by atoms with van der Waals surface area (Å²) >= 11 is 0. The van der Waals surface area contributed by atoms with Gasteiger partial charge < -0.3 is 10.2 Å². The molecule has 1 aromatic rings. The molecule has 0 aliphatic carbocycles. The quantitative estimate of drug-likeness (QED) is 0.752. The third-order valence-corrected chi connectivity index (χ3v) is 2.63. The minimum Gasteiger partial charge on any atom is -0.350 e. The molecule has 0 saturated carbocycles. The van der Waals surface area contributed by atoms with E-state index in [2.05, 4.69) is 5.32 Å². The molecule has 1 fully saturated rings. The molecule has 0 bridgehead atoms. The molecule has 0 radical (unpaired) electrons. The molecule has 4 nitrogen and oxygen atoms in total. The van der Waals surface area contributed by atoms with Gasteiger partial charge in [-0.05, 0) is 5.56 Å². The molecule has 1 aromatic carbocycles. The highest BCUT2D eigenvalue weighted by Crippen LogP contribution is 2.17. The highest BCUT2D eigenvalue weighted by Gasteiger charge is 2.42. The van der Waals surface area contributed by atoms with Crippen LogP contribution in [0.5, 0.6) is 0 Å². The molecule has 1 heterocycles. The van der Waals surface area contributed by atoms with Crippen LogP contribution in [0.25, 0.3) is 0 Å².